The van der Waals surface area contributed by atoms with Crippen LogP contribution in [-0.2, 0) is 11.3 Å². The van der Waals surface area contributed by atoms with E-state index in [-0.39, 0.29) is 5.11 Å². The van der Waals surface area contributed by atoms with E-state index < -0.39 is 6.03 Å². The predicted molar refractivity (Wildman–Crippen MR) is 120 cm³/mol. The molecule has 1 aliphatic rings. The van der Waals surface area contributed by atoms with E-state index in [0.717, 1.165) is 56.0 Å². The molecule has 12 heteroatoms. The summed E-state index contributed by atoms with van der Waals surface area (Å²) in [6, 6.07) is 4.83. The number of aromatic nitrogens is 4. The van der Waals surface area contributed by atoms with Gasteiger partial charge in [-0.15, -0.1) is 0 Å². The molecule has 1 saturated heterocycles. The highest BCUT2D eigenvalue weighted by Gasteiger charge is 2.11. The minimum absolute atomic E-state index is 0.0408. The van der Waals surface area contributed by atoms with E-state index >= 15 is 0 Å². The maximum Gasteiger partial charge on any atom is 0.339 e. The summed E-state index contributed by atoms with van der Waals surface area (Å²) in [7, 11) is 0. The first kappa shape index (κ1) is 20.9. The smallest absolute Gasteiger partial charge is 0.339 e. The van der Waals surface area contributed by atoms with Crippen LogP contribution in [-0.4, -0.2) is 68.6 Å². The highest BCUT2D eigenvalue weighted by molar-refractivity contribution is 7.80. The van der Waals surface area contributed by atoms with Crippen LogP contribution in [0, 0.1) is 0 Å². The van der Waals surface area contributed by atoms with Gasteiger partial charge in [0, 0.05) is 43.2 Å². The van der Waals surface area contributed by atoms with Crippen LogP contribution in [0.3, 0.4) is 0 Å². The van der Waals surface area contributed by atoms with Crippen LogP contribution in [0.5, 0.6) is 0 Å². The molecule has 1 aliphatic heterocycles. The number of fused-ring (bicyclic) bond motifs is 1. The first-order valence-corrected chi connectivity index (χ1v) is 10.2. The van der Waals surface area contributed by atoms with E-state index in [1.54, 1.807) is 18.3 Å². The Balaban J connectivity index is 1.43. The van der Waals surface area contributed by atoms with Crippen molar-refractivity contribution in [1.82, 2.24) is 35.5 Å². The van der Waals surface area contributed by atoms with Gasteiger partial charge in [-0.05, 0) is 30.4 Å². The van der Waals surface area contributed by atoms with Crippen LogP contribution >= 0.6 is 12.2 Å². The number of rotatable bonds is 5. The molecule has 2 amide bonds. The van der Waals surface area contributed by atoms with Gasteiger partial charge >= 0.3 is 6.03 Å². The molecule has 0 bridgehead atoms. The summed E-state index contributed by atoms with van der Waals surface area (Å²) in [4.78, 5) is 23.1. The average Bonchev–Trinajstić information content (AvgIpc) is 3.26. The zero-order chi connectivity index (χ0) is 21.6. The molecule has 3 aromatic heterocycles. The van der Waals surface area contributed by atoms with Crippen molar-refractivity contribution in [2.75, 3.05) is 38.2 Å². The Morgan fingerprint density at radius 2 is 1.97 bits per heavy atom. The van der Waals surface area contributed by atoms with Crippen molar-refractivity contribution in [3.05, 3.63) is 36.8 Å². The molecule has 3 aromatic rings. The largest absolute Gasteiger partial charge is 0.379 e. The third kappa shape index (κ3) is 5.63. The number of hydrogen-bond acceptors (Lipinski definition) is 7. The van der Waals surface area contributed by atoms with Crippen LogP contribution in [0.2, 0.25) is 0 Å². The number of urea groups is 1. The third-order valence-corrected chi connectivity index (χ3v) is 4.90. The Morgan fingerprint density at radius 3 is 2.77 bits per heavy atom. The van der Waals surface area contributed by atoms with Crippen LogP contribution in [0.15, 0.2) is 36.8 Å². The molecular formula is C19H23N9O2S. The second-order valence-electron chi connectivity index (χ2n) is 6.97. The molecule has 0 unspecified atom stereocenters. The number of ether oxygens (including phenoxy) is 1. The molecule has 4 heterocycles. The van der Waals surface area contributed by atoms with Crippen molar-refractivity contribution < 1.29 is 9.53 Å². The standard InChI is InChI=1S/C19H23N9O2S/c20-18(31)25-26-19(29)24-17-2-1-15-16(23-17)9-13(10-21-15)14-11-22-28(12-14)4-3-27-5-7-30-8-6-27/h1-2,9-12H,3-8H2,(H3,20,25,31)(H2,23,24,26,29). The van der Waals surface area contributed by atoms with E-state index in [9.17, 15) is 4.79 Å². The number of hydrazine groups is 1. The molecule has 162 valence electrons. The number of amides is 2. The van der Waals surface area contributed by atoms with E-state index in [1.807, 2.05) is 23.1 Å². The molecular weight excluding hydrogens is 418 g/mol. The van der Waals surface area contributed by atoms with Gasteiger partial charge in [0.1, 0.15) is 5.82 Å². The summed E-state index contributed by atoms with van der Waals surface area (Å²) in [5.74, 6) is 0.370. The Kier molecular flexibility index (Phi) is 6.50. The quantitative estimate of drug-likeness (QED) is 0.333. The number of hydrogen-bond donors (Lipinski definition) is 4. The Morgan fingerprint density at radius 1 is 1.13 bits per heavy atom. The van der Waals surface area contributed by atoms with Gasteiger partial charge in [-0.2, -0.15) is 5.10 Å². The van der Waals surface area contributed by atoms with Crippen LogP contribution in [0.25, 0.3) is 22.2 Å². The zero-order valence-electron chi connectivity index (χ0n) is 16.7. The normalized spacial score (nSPS) is 14.3. The lowest BCUT2D eigenvalue weighted by Gasteiger charge is -2.26. The highest BCUT2D eigenvalue weighted by Crippen LogP contribution is 2.22. The number of thiocarbonyl (C=S) groups is 1. The first-order valence-electron chi connectivity index (χ1n) is 9.79. The van der Waals surface area contributed by atoms with Crippen molar-refractivity contribution in [2.45, 2.75) is 6.54 Å². The van der Waals surface area contributed by atoms with Gasteiger partial charge in [-0.3, -0.25) is 25.3 Å². The summed E-state index contributed by atoms with van der Waals surface area (Å²) >= 11 is 4.64. The lowest BCUT2D eigenvalue weighted by Crippen LogP contribution is -2.46. The zero-order valence-corrected chi connectivity index (χ0v) is 17.6. The summed E-state index contributed by atoms with van der Waals surface area (Å²) < 4.78 is 7.31. The number of pyridine rings is 2. The maximum absolute atomic E-state index is 11.8. The molecule has 0 aromatic carbocycles. The van der Waals surface area contributed by atoms with Gasteiger partial charge in [0.15, 0.2) is 5.11 Å². The summed E-state index contributed by atoms with van der Waals surface area (Å²) in [6.45, 7) is 5.23. The van der Waals surface area contributed by atoms with Crippen LogP contribution in [0.1, 0.15) is 0 Å². The topological polar surface area (TPSA) is 135 Å². The van der Waals surface area contributed by atoms with Gasteiger partial charge in [0.2, 0.25) is 0 Å². The van der Waals surface area contributed by atoms with Crippen LogP contribution < -0.4 is 21.9 Å². The fraction of sp³-hybridized carbons (Fsp3) is 0.316. The van der Waals surface area contributed by atoms with Gasteiger partial charge in [-0.1, -0.05) is 0 Å². The molecule has 0 atom stereocenters. The number of nitrogens with two attached hydrogens (primary N) is 1. The highest BCUT2D eigenvalue weighted by atomic mass is 32.1. The number of carbonyl (C=O) groups excluding carboxylic acids is 1. The van der Waals surface area contributed by atoms with Gasteiger partial charge in [-0.25, -0.2) is 15.2 Å². The van der Waals surface area contributed by atoms with E-state index in [0.29, 0.717) is 11.3 Å². The van der Waals surface area contributed by atoms with Crippen molar-refractivity contribution in [1.29, 1.82) is 0 Å². The average molecular weight is 442 g/mol. The molecule has 0 radical (unpaired) electrons. The molecule has 1 fully saturated rings. The predicted octanol–water partition coefficient (Wildman–Crippen LogP) is 0.695. The van der Waals surface area contributed by atoms with Crippen LogP contribution in [0.4, 0.5) is 10.6 Å². The monoisotopic (exact) mass is 441 g/mol. The fourth-order valence-corrected chi connectivity index (χ4v) is 3.25. The molecule has 11 nitrogen and oxygen atoms in total. The lowest BCUT2D eigenvalue weighted by molar-refractivity contribution is 0.0360. The summed E-state index contributed by atoms with van der Waals surface area (Å²) in [5, 5.41) is 7.03. The minimum Gasteiger partial charge on any atom is -0.379 e. The second kappa shape index (κ2) is 9.64. The van der Waals surface area contributed by atoms with Crippen molar-refractivity contribution >= 4 is 40.2 Å². The number of morpholine rings is 1. The number of carbonyl (C=O) groups is 1. The Bertz CT molecular complexity index is 1080. The van der Waals surface area contributed by atoms with Gasteiger partial charge in [0.25, 0.3) is 0 Å². The lowest BCUT2D eigenvalue weighted by atomic mass is 10.1. The summed E-state index contributed by atoms with van der Waals surface area (Å²) in [6.07, 6.45) is 5.61. The molecule has 5 N–H and O–H groups in total. The van der Waals surface area contributed by atoms with Crippen molar-refractivity contribution in [2.24, 2.45) is 5.73 Å². The number of nitrogens with zero attached hydrogens (tertiary/aromatic N) is 5. The Labute approximate surface area is 183 Å². The SMILES string of the molecule is NC(=S)NNC(=O)Nc1ccc2ncc(-c3cnn(CCN4CCOCC4)c3)cc2n1. The third-order valence-electron chi connectivity index (χ3n) is 4.79. The number of anilines is 1. The maximum atomic E-state index is 11.8. The first-order chi connectivity index (χ1) is 15.1. The molecule has 31 heavy (non-hydrogen) atoms. The fourth-order valence-electron chi connectivity index (χ4n) is 3.20. The van der Waals surface area contributed by atoms with Crippen molar-refractivity contribution in [3.8, 4) is 11.1 Å². The Hall–Kier alpha value is -3.35. The molecule has 4 rings (SSSR count). The molecule has 0 spiro atoms. The molecule has 0 aliphatic carbocycles. The minimum atomic E-state index is -0.537. The molecule has 0 saturated carbocycles. The second-order valence-corrected chi connectivity index (χ2v) is 7.41. The van der Waals surface area contributed by atoms with E-state index in [2.05, 4.69) is 48.4 Å². The van der Waals surface area contributed by atoms with E-state index in [1.165, 1.54) is 0 Å². The summed E-state index contributed by atoms with van der Waals surface area (Å²) in [5.41, 5.74) is 13.2. The van der Waals surface area contributed by atoms with Gasteiger partial charge in [0.05, 0.1) is 37.0 Å². The van der Waals surface area contributed by atoms with Gasteiger partial charge < -0.3 is 10.5 Å². The van der Waals surface area contributed by atoms with Crippen molar-refractivity contribution in [3.63, 3.8) is 0 Å². The van der Waals surface area contributed by atoms with E-state index in [4.69, 9.17) is 10.5 Å². The number of nitrogens with one attached hydrogen (secondary N) is 3.